The van der Waals surface area contributed by atoms with Crippen LogP contribution in [-0.4, -0.2) is 72.5 Å². The van der Waals surface area contributed by atoms with Crippen LogP contribution in [0.15, 0.2) is 24.3 Å². The molecule has 8 nitrogen and oxygen atoms in total. The summed E-state index contributed by atoms with van der Waals surface area (Å²) in [5, 5.41) is 8.60. The molecule has 3 N–H and O–H groups in total. The molecule has 2 heterocycles. The molecule has 4 amide bonds. The highest BCUT2D eigenvalue weighted by atomic mass is 35.5. The molecule has 2 saturated heterocycles. The van der Waals surface area contributed by atoms with E-state index < -0.39 is 0 Å². The van der Waals surface area contributed by atoms with Crippen LogP contribution in [0.2, 0.25) is 0 Å². The maximum Gasteiger partial charge on any atom is 0.319 e. The summed E-state index contributed by atoms with van der Waals surface area (Å²) >= 11 is 0. The van der Waals surface area contributed by atoms with Crippen molar-refractivity contribution in [1.29, 1.82) is 0 Å². The molecule has 0 radical (unpaired) electrons. The predicted molar refractivity (Wildman–Crippen MR) is 114 cm³/mol. The standard InChI is InChI=1S/C20H29N5O3.ClH/c1-14(2)22-20(28)23-16-6-3-5-15(11-16)19(27)24-9-4-7-17(13-24)25-10-8-21-12-18(25)26;/h3,5-6,11,14,17,21H,4,7-10,12-13H2,1-2H3,(H2,22,23,28);1H. The molecule has 9 heteroatoms. The number of carbonyl (C=O) groups excluding carboxylic acids is 3. The maximum absolute atomic E-state index is 13.0. The van der Waals surface area contributed by atoms with E-state index in [9.17, 15) is 14.4 Å². The van der Waals surface area contributed by atoms with Crippen LogP contribution in [-0.2, 0) is 4.79 Å². The number of likely N-dealkylation sites (tertiary alicyclic amines) is 1. The lowest BCUT2D eigenvalue weighted by atomic mass is 10.0. The van der Waals surface area contributed by atoms with Gasteiger partial charge in [-0.2, -0.15) is 0 Å². The summed E-state index contributed by atoms with van der Waals surface area (Å²) in [5.74, 6) is 0.0353. The number of piperidine rings is 1. The number of carbonyl (C=O) groups is 3. The van der Waals surface area contributed by atoms with Crippen molar-refractivity contribution in [3.8, 4) is 0 Å². The van der Waals surface area contributed by atoms with Crippen LogP contribution in [0, 0.1) is 0 Å². The minimum atomic E-state index is -0.296. The number of anilines is 1. The molecule has 2 aliphatic heterocycles. The lowest BCUT2D eigenvalue weighted by Gasteiger charge is -2.41. The number of halogens is 1. The minimum Gasteiger partial charge on any atom is -0.337 e. The molecular weight excluding hydrogens is 394 g/mol. The first-order valence-electron chi connectivity index (χ1n) is 9.91. The molecule has 2 aliphatic rings. The summed E-state index contributed by atoms with van der Waals surface area (Å²) in [6, 6.07) is 6.78. The zero-order valence-electron chi connectivity index (χ0n) is 16.9. The highest BCUT2D eigenvalue weighted by Crippen LogP contribution is 2.20. The first kappa shape index (κ1) is 23.0. The number of hydrogen-bond acceptors (Lipinski definition) is 4. The second-order valence-corrected chi connectivity index (χ2v) is 7.65. The molecule has 0 bridgehead atoms. The highest BCUT2D eigenvalue weighted by Gasteiger charge is 2.31. The van der Waals surface area contributed by atoms with Crippen molar-refractivity contribution < 1.29 is 14.4 Å². The quantitative estimate of drug-likeness (QED) is 0.686. The van der Waals surface area contributed by atoms with Crippen molar-refractivity contribution in [2.45, 2.75) is 38.8 Å². The number of piperazine rings is 1. The molecule has 29 heavy (non-hydrogen) atoms. The monoisotopic (exact) mass is 423 g/mol. The van der Waals surface area contributed by atoms with Gasteiger partial charge in [-0.1, -0.05) is 6.07 Å². The molecule has 0 aromatic heterocycles. The van der Waals surface area contributed by atoms with E-state index in [1.54, 1.807) is 24.3 Å². The van der Waals surface area contributed by atoms with Crippen molar-refractivity contribution >= 4 is 35.9 Å². The van der Waals surface area contributed by atoms with Gasteiger partial charge in [0, 0.05) is 49.5 Å². The lowest BCUT2D eigenvalue weighted by molar-refractivity contribution is -0.135. The van der Waals surface area contributed by atoms with Gasteiger partial charge in [-0.3, -0.25) is 9.59 Å². The van der Waals surface area contributed by atoms with Crippen LogP contribution in [0.3, 0.4) is 0 Å². The Morgan fingerprint density at radius 2 is 2.03 bits per heavy atom. The normalized spacial score (nSPS) is 19.6. The van der Waals surface area contributed by atoms with Gasteiger partial charge in [-0.25, -0.2) is 4.79 Å². The van der Waals surface area contributed by atoms with Gasteiger partial charge >= 0.3 is 6.03 Å². The lowest BCUT2D eigenvalue weighted by Crippen LogP contribution is -2.57. The largest absolute Gasteiger partial charge is 0.337 e. The van der Waals surface area contributed by atoms with Crippen molar-refractivity contribution in [1.82, 2.24) is 20.4 Å². The first-order valence-corrected chi connectivity index (χ1v) is 9.91. The van der Waals surface area contributed by atoms with Crippen LogP contribution in [0.1, 0.15) is 37.0 Å². The van der Waals surface area contributed by atoms with Gasteiger partial charge in [0.2, 0.25) is 5.91 Å². The van der Waals surface area contributed by atoms with Gasteiger partial charge in [0.1, 0.15) is 0 Å². The Hall–Kier alpha value is -2.32. The molecule has 1 atom stereocenters. The van der Waals surface area contributed by atoms with Crippen LogP contribution >= 0.6 is 12.4 Å². The maximum atomic E-state index is 13.0. The number of benzene rings is 1. The average molecular weight is 424 g/mol. The molecule has 0 saturated carbocycles. The van der Waals surface area contributed by atoms with E-state index in [0.717, 1.165) is 19.4 Å². The number of hydrogen-bond donors (Lipinski definition) is 3. The van der Waals surface area contributed by atoms with Gasteiger partial charge < -0.3 is 25.8 Å². The first-order chi connectivity index (χ1) is 13.4. The fourth-order valence-corrected chi connectivity index (χ4v) is 3.74. The Morgan fingerprint density at radius 1 is 1.24 bits per heavy atom. The number of urea groups is 1. The van der Waals surface area contributed by atoms with Crippen LogP contribution in [0.5, 0.6) is 0 Å². The Morgan fingerprint density at radius 3 is 2.76 bits per heavy atom. The van der Waals surface area contributed by atoms with Gasteiger partial charge in [-0.05, 0) is 44.9 Å². The second kappa shape index (κ2) is 10.5. The zero-order valence-corrected chi connectivity index (χ0v) is 17.8. The summed E-state index contributed by atoms with van der Waals surface area (Å²) in [7, 11) is 0. The van der Waals surface area contributed by atoms with Crippen molar-refractivity contribution in [2.24, 2.45) is 0 Å². The van der Waals surface area contributed by atoms with Crippen LogP contribution in [0.25, 0.3) is 0 Å². The van der Waals surface area contributed by atoms with E-state index in [4.69, 9.17) is 0 Å². The van der Waals surface area contributed by atoms with E-state index in [1.807, 2.05) is 23.6 Å². The molecule has 0 spiro atoms. The third-order valence-corrected chi connectivity index (χ3v) is 5.04. The van der Waals surface area contributed by atoms with E-state index in [2.05, 4.69) is 16.0 Å². The topological polar surface area (TPSA) is 93.8 Å². The summed E-state index contributed by atoms with van der Waals surface area (Å²) in [6.07, 6.45) is 1.80. The zero-order chi connectivity index (χ0) is 20.1. The third-order valence-electron chi connectivity index (χ3n) is 5.04. The molecule has 1 unspecified atom stereocenters. The summed E-state index contributed by atoms with van der Waals surface area (Å²) in [4.78, 5) is 40.8. The van der Waals surface area contributed by atoms with E-state index in [0.29, 0.717) is 37.4 Å². The van der Waals surface area contributed by atoms with Gasteiger partial charge in [-0.15, -0.1) is 12.4 Å². The molecule has 3 rings (SSSR count). The highest BCUT2D eigenvalue weighted by molar-refractivity contribution is 5.97. The summed E-state index contributed by atoms with van der Waals surface area (Å²) in [5.41, 5.74) is 1.12. The van der Waals surface area contributed by atoms with Gasteiger partial charge in [0.25, 0.3) is 5.91 Å². The molecule has 0 aliphatic carbocycles. The summed E-state index contributed by atoms with van der Waals surface area (Å²) in [6.45, 7) is 6.86. The molecule has 1 aromatic carbocycles. The predicted octanol–water partition coefficient (Wildman–Crippen LogP) is 1.67. The van der Waals surface area contributed by atoms with Crippen LogP contribution in [0.4, 0.5) is 10.5 Å². The van der Waals surface area contributed by atoms with Crippen molar-refractivity contribution in [2.75, 3.05) is 38.0 Å². The van der Waals surface area contributed by atoms with E-state index >= 15 is 0 Å². The Kier molecular flexibility index (Phi) is 8.28. The SMILES string of the molecule is CC(C)NC(=O)Nc1cccc(C(=O)N2CCCC(N3CCNCC3=O)C2)c1.Cl. The molecule has 1 aromatic rings. The molecular formula is C20H30ClN5O3. The number of nitrogens with zero attached hydrogens (tertiary/aromatic N) is 2. The molecule has 160 valence electrons. The number of amides is 4. The fourth-order valence-electron chi connectivity index (χ4n) is 3.74. The second-order valence-electron chi connectivity index (χ2n) is 7.65. The number of rotatable bonds is 4. The minimum absolute atomic E-state index is 0. The third kappa shape index (κ3) is 6.08. The van der Waals surface area contributed by atoms with Crippen LogP contribution < -0.4 is 16.0 Å². The molecule has 2 fully saturated rings. The Bertz CT molecular complexity index is 743. The fraction of sp³-hybridized carbons (Fsp3) is 0.550. The van der Waals surface area contributed by atoms with Gasteiger partial charge in [0.05, 0.1) is 6.54 Å². The average Bonchev–Trinajstić information content (AvgIpc) is 2.67. The smallest absolute Gasteiger partial charge is 0.319 e. The van der Waals surface area contributed by atoms with Gasteiger partial charge in [0.15, 0.2) is 0 Å². The summed E-state index contributed by atoms with van der Waals surface area (Å²) < 4.78 is 0. The Balaban J connectivity index is 0.00000300. The van der Waals surface area contributed by atoms with E-state index in [-0.39, 0.29) is 42.3 Å². The van der Waals surface area contributed by atoms with Crippen molar-refractivity contribution in [3.05, 3.63) is 29.8 Å². The van der Waals surface area contributed by atoms with E-state index in [1.165, 1.54) is 0 Å². The van der Waals surface area contributed by atoms with Crippen molar-refractivity contribution in [3.63, 3.8) is 0 Å². The number of nitrogens with one attached hydrogen (secondary N) is 3. The Labute approximate surface area is 177 Å².